The summed E-state index contributed by atoms with van der Waals surface area (Å²) in [4.78, 5) is 43.0. The molecule has 0 radical (unpaired) electrons. The molecule has 0 spiro atoms. The Morgan fingerprint density at radius 3 is 2.72 bits per heavy atom. The molecule has 0 bridgehead atoms. The minimum atomic E-state index is -0.969. The Balaban J connectivity index is 2.07. The molecule has 1 atom stereocenters. The maximum absolute atomic E-state index is 13.9. The first-order valence-corrected chi connectivity index (χ1v) is 13.8. The molecule has 1 aliphatic heterocycles. The molecule has 39 heavy (non-hydrogen) atoms. The molecule has 4 rings (SSSR count). The highest BCUT2D eigenvalue weighted by molar-refractivity contribution is 9.10. The number of carbonyl (C=O) groups excluding carboxylic acids is 1. The predicted molar refractivity (Wildman–Crippen MR) is 150 cm³/mol. The average Bonchev–Trinajstić information content (AvgIpc) is 3.20. The Morgan fingerprint density at radius 1 is 1.33 bits per heavy atom. The van der Waals surface area contributed by atoms with Crippen molar-refractivity contribution < 1.29 is 24.3 Å². The number of nitro benzene ring substituents is 1. The van der Waals surface area contributed by atoms with Gasteiger partial charge in [-0.15, -0.1) is 0 Å². The van der Waals surface area contributed by atoms with E-state index >= 15 is 0 Å². The van der Waals surface area contributed by atoms with Gasteiger partial charge in [0.2, 0.25) is 0 Å². The molecule has 0 unspecified atom stereocenters. The second-order valence-electron chi connectivity index (χ2n) is 8.42. The molecule has 1 aliphatic rings. The van der Waals surface area contributed by atoms with Crippen LogP contribution >= 0.6 is 38.9 Å². The molecule has 0 saturated carbocycles. The zero-order chi connectivity index (χ0) is 28.4. The Bertz CT molecular complexity index is 1700. The Morgan fingerprint density at radius 2 is 2.08 bits per heavy atom. The standard InChI is InChI=1S/C26H23BrClN3O7S/c1-4-6-18-21(25(34)38-5-2)22(16-11-14(28)7-8-19(16)37-3)30-24(33)20(39-26(30)29-18)10-13-9-15(31(35)36)12-17(27)23(13)32/h7-12,22,32H,4-6H2,1-3H3/b20-10+/t22-/m0/s1. The monoisotopic (exact) mass is 635 g/mol. The van der Waals surface area contributed by atoms with Crippen LogP contribution in [0.1, 0.15) is 43.9 Å². The third kappa shape index (κ3) is 5.49. The molecule has 0 fully saturated rings. The van der Waals surface area contributed by atoms with Gasteiger partial charge in [0.25, 0.3) is 11.2 Å². The number of aromatic nitrogens is 1. The van der Waals surface area contributed by atoms with Crippen molar-refractivity contribution in [3.8, 4) is 11.5 Å². The van der Waals surface area contributed by atoms with Crippen LogP contribution in [0.5, 0.6) is 11.5 Å². The fourth-order valence-corrected chi connectivity index (χ4v) is 5.95. The van der Waals surface area contributed by atoms with Gasteiger partial charge in [0.15, 0.2) is 4.80 Å². The highest BCUT2D eigenvalue weighted by Gasteiger charge is 2.36. The van der Waals surface area contributed by atoms with Gasteiger partial charge in [-0.05, 0) is 53.5 Å². The number of hydrogen-bond donors (Lipinski definition) is 1. The fraction of sp³-hybridized carbons (Fsp3) is 0.269. The first-order chi connectivity index (χ1) is 18.6. The number of methoxy groups -OCH3 is 1. The highest BCUT2D eigenvalue weighted by Crippen LogP contribution is 2.38. The third-order valence-corrected chi connectivity index (χ3v) is 7.78. The van der Waals surface area contributed by atoms with Gasteiger partial charge in [-0.3, -0.25) is 19.5 Å². The van der Waals surface area contributed by atoms with Crippen LogP contribution in [0.25, 0.3) is 6.08 Å². The number of ether oxygens (including phenoxy) is 2. The van der Waals surface area contributed by atoms with Crippen molar-refractivity contribution in [1.82, 2.24) is 4.57 Å². The van der Waals surface area contributed by atoms with Crippen molar-refractivity contribution >= 4 is 56.6 Å². The molecular weight excluding hydrogens is 614 g/mol. The van der Waals surface area contributed by atoms with E-state index in [0.717, 1.165) is 11.3 Å². The number of allylic oxidation sites excluding steroid dienone is 1. The molecule has 13 heteroatoms. The van der Waals surface area contributed by atoms with Gasteiger partial charge in [0.05, 0.1) is 38.9 Å². The van der Waals surface area contributed by atoms with E-state index < -0.39 is 22.5 Å². The Hall–Kier alpha value is -3.48. The van der Waals surface area contributed by atoms with Gasteiger partial charge in [-0.1, -0.05) is 36.3 Å². The molecule has 1 N–H and O–H groups in total. The smallest absolute Gasteiger partial charge is 0.338 e. The van der Waals surface area contributed by atoms with Crippen LogP contribution in [-0.2, 0) is 9.53 Å². The number of aromatic hydroxyl groups is 1. The third-order valence-electron chi connectivity index (χ3n) is 5.95. The van der Waals surface area contributed by atoms with Crippen LogP contribution < -0.4 is 19.6 Å². The van der Waals surface area contributed by atoms with Crippen molar-refractivity contribution in [2.75, 3.05) is 13.7 Å². The summed E-state index contributed by atoms with van der Waals surface area (Å²) in [6.07, 6.45) is 2.47. The second kappa shape index (κ2) is 11.7. The number of thiazole rings is 1. The molecule has 2 heterocycles. The van der Waals surface area contributed by atoms with Gasteiger partial charge in [0.1, 0.15) is 17.5 Å². The predicted octanol–water partition coefficient (Wildman–Crippen LogP) is 4.62. The summed E-state index contributed by atoms with van der Waals surface area (Å²) in [6.45, 7) is 3.75. The van der Waals surface area contributed by atoms with Crippen molar-refractivity contribution in [3.05, 3.63) is 92.0 Å². The second-order valence-corrected chi connectivity index (χ2v) is 10.7. The van der Waals surface area contributed by atoms with Crippen LogP contribution in [0.4, 0.5) is 5.69 Å². The number of benzene rings is 2. The van der Waals surface area contributed by atoms with E-state index in [1.807, 2.05) is 6.92 Å². The number of rotatable bonds is 8. The van der Waals surface area contributed by atoms with Gasteiger partial charge in [0, 0.05) is 28.3 Å². The molecule has 0 amide bonds. The minimum Gasteiger partial charge on any atom is -0.506 e. The van der Waals surface area contributed by atoms with Crippen LogP contribution in [0, 0.1) is 10.1 Å². The topological polar surface area (TPSA) is 133 Å². The molecular formula is C26H23BrClN3O7S. The lowest BCUT2D eigenvalue weighted by Crippen LogP contribution is -2.40. The van der Waals surface area contributed by atoms with Crippen LogP contribution in [-0.4, -0.2) is 34.3 Å². The summed E-state index contributed by atoms with van der Waals surface area (Å²) in [5, 5.41) is 22.3. The number of halogens is 2. The average molecular weight is 637 g/mol. The van der Waals surface area contributed by atoms with Gasteiger partial charge in [-0.25, -0.2) is 9.79 Å². The number of nitro groups is 1. The minimum absolute atomic E-state index is 0.0663. The largest absolute Gasteiger partial charge is 0.506 e. The van der Waals surface area contributed by atoms with Crippen LogP contribution in [0.2, 0.25) is 5.02 Å². The molecule has 10 nitrogen and oxygen atoms in total. The number of hydrogen-bond acceptors (Lipinski definition) is 9. The SMILES string of the molecule is CCCC1=C(C(=O)OCC)[C@H](c2cc(Cl)ccc2OC)n2c(s/c(=C/c3cc([N+](=O)[O-])cc(Br)c3O)c2=O)=N1. The number of phenolic OH excluding ortho intramolecular Hbond substituents is 1. The first kappa shape index (κ1) is 28.5. The van der Waals surface area contributed by atoms with E-state index in [2.05, 4.69) is 20.9 Å². The lowest BCUT2D eigenvalue weighted by Gasteiger charge is -2.27. The Labute approximate surface area is 239 Å². The number of esters is 1. The summed E-state index contributed by atoms with van der Waals surface area (Å²) < 4.78 is 12.6. The van der Waals surface area contributed by atoms with Crippen molar-refractivity contribution in [2.24, 2.45) is 4.99 Å². The lowest BCUT2D eigenvalue weighted by molar-refractivity contribution is -0.385. The summed E-state index contributed by atoms with van der Waals surface area (Å²) in [5.41, 5.74) is 0.401. The van der Waals surface area contributed by atoms with Crippen molar-refractivity contribution in [2.45, 2.75) is 32.7 Å². The quantitative estimate of drug-likeness (QED) is 0.217. The number of phenols is 1. The molecule has 0 aliphatic carbocycles. The summed E-state index contributed by atoms with van der Waals surface area (Å²) in [7, 11) is 1.47. The van der Waals surface area contributed by atoms with Gasteiger partial charge < -0.3 is 14.6 Å². The maximum atomic E-state index is 13.9. The highest BCUT2D eigenvalue weighted by atomic mass is 79.9. The summed E-state index contributed by atoms with van der Waals surface area (Å²) >= 11 is 10.5. The summed E-state index contributed by atoms with van der Waals surface area (Å²) in [6, 6.07) is 6.28. The molecule has 0 saturated heterocycles. The van der Waals surface area contributed by atoms with E-state index in [1.54, 1.807) is 25.1 Å². The van der Waals surface area contributed by atoms with E-state index in [-0.39, 0.29) is 38.2 Å². The zero-order valence-corrected chi connectivity index (χ0v) is 24.2. The Kier molecular flexibility index (Phi) is 8.57. The first-order valence-electron chi connectivity index (χ1n) is 11.8. The maximum Gasteiger partial charge on any atom is 0.338 e. The number of nitrogens with zero attached hydrogens (tertiary/aromatic N) is 3. The molecule has 1 aromatic heterocycles. The van der Waals surface area contributed by atoms with Crippen molar-refractivity contribution in [3.63, 3.8) is 0 Å². The lowest BCUT2D eigenvalue weighted by atomic mass is 9.93. The van der Waals surface area contributed by atoms with Crippen LogP contribution in [0.15, 0.2) is 55.9 Å². The number of carbonyl (C=O) groups is 1. The van der Waals surface area contributed by atoms with Crippen molar-refractivity contribution in [1.29, 1.82) is 0 Å². The van der Waals surface area contributed by atoms with Gasteiger partial charge >= 0.3 is 5.97 Å². The van der Waals surface area contributed by atoms with Gasteiger partial charge in [-0.2, -0.15) is 0 Å². The van der Waals surface area contributed by atoms with E-state index in [9.17, 15) is 24.8 Å². The molecule has 204 valence electrons. The zero-order valence-electron chi connectivity index (χ0n) is 21.1. The van der Waals surface area contributed by atoms with E-state index in [4.69, 9.17) is 21.1 Å². The molecule has 3 aromatic rings. The summed E-state index contributed by atoms with van der Waals surface area (Å²) in [5.74, 6) is -0.483. The van der Waals surface area contributed by atoms with E-state index in [1.165, 1.54) is 29.9 Å². The number of fused-ring (bicyclic) bond motifs is 1. The normalized spacial score (nSPS) is 15.1. The molecule has 2 aromatic carbocycles. The fourth-order valence-electron chi connectivity index (χ4n) is 4.30. The van der Waals surface area contributed by atoms with Crippen LogP contribution in [0.3, 0.4) is 0 Å². The number of non-ortho nitro benzene ring substituents is 1. The van der Waals surface area contributed by atoms with E-state index in [0.29, 0.717) is 39.7 Å².